The average molecular weight is 308 g/mol. The van der Waals surface area contributed by atoms with Crippen LogP contribution in [-0.4, -0.2) is 35.5 Å². The molecule has 112 valence electrons. The fraction of sp³-hybridized carbons (Fsp3) is 0.467. The summed E-state index contributed by atoms with van der Waals surface area (Å²) in [5, 5.41) is 21.6. The summed E-state index contributed by atoms with van der Waals surface area (Å²) in [4.78, 5) is 14.4. The average Bonchev–Trinajstić information content (AvgIpc) is 2.49. The number of benzene rings is 1. The molecule has 1 fully saturated rings. The Balaban J connectivity index is 1.96. The molecule has 0 spiro atoms. The number of rotatable bonds is 4. The highest BCUT2D eigenvalue weighted by Crippen LogP contribution is 2.28. The maximum atomic E-state index is 12.3. The summed E-state index contributed by atoms with van der Waals surface area (Å²) in [5.74, 6) is -0.241. The van der Waals surface area contributed by atoms with E-state index < -0.39 is 0 Å². The van der Waals surface area contributed by atoms with Crippen molar-refractivity contribution in [2.24, 2.45) is 5.92 Å². The lowest BCUT2D eigenvalue weighted by Crippen LogP contribution is -2.41. The van der Waals surface area contributed by atoms with Crippen LogP contribution in [0, 0.1) is 17.2 Å². The molecule has 1 aliphatic rings. The van der Waals surface area contributed by atoms with Crippen LogP contribution < -0.4 is 5.32 Å². The lowest BCUT2D eigenvalue weighted by Gasteiger charge is -2.31. The van der Waals surface area contributed by atoms with Gasteiger partial charge in [-0.3, -0.25) is 4.79 Å². The third kappa shape index (κ3) is 4.35. The highest BCUT2D eigenvalue weighted by Gasteiger charge is 2.26. The van der Waals surface area contributed by atoms with Crippen molar-refractivity contribution in [3.63, 3.8) is 0 Å². The molecular formula is C15H18ClN3O2. The maximum Gasteiger partial charge on any atom is 0.228 e. The first-order valence-electron chi connectivity index (χ1n) is 6.99. The number of nitrogens with one attached hydrogen (secondary N) is 1. The molecule has 1 aromatic carbocycles. The molecule has 0 radical (unpaired) electrons. The molecule has 6 heteroatoms. The molecule has 21 heavy (non-hydrogen) atoms. The third-order valence-corrected chi connectivity index (χ3v) is 3.87. The Morgan fingerprint density at radius 3 is 3.14 bits per heavy atom. The zero-order valence-corrected chi connectivity index (χ0v) is 12.4. The summed E-state index contributed by atoms with van der Waals surface area (Å²) in [5.41, 5.74) is 0.335. The molecule has 1 aromatic rings. The van der Waals surface area contributed by atoms with Crippen LogP contribution in [0.3, 0.4) is 0 Å². The second-order valence-electron chi connectivity index (χ2n) is 5.20. The molecule has 1 unspecified atom stereocenters. The lowest BCUT2D eigenvalue weighted by molar-refractivity contribution is -0.121. The van der Waals surface area contributed by atoms with E-state index in [0.29, 0.717) is 30.2 Å². The number of hydrogen-bond acceptors (Lipinski definition) is 4. The van der Waals surface area contributed by atoms with Gasteiger partial charge in [-0.15, -0.1) is 0 Å². The van der Waals surface area contributed by atoms with Gasteiger partial charge in [0, 0.05) is 24.5 Å². The molecule has 2 rings (SSSR count). The van der Waals surface area contributed by atoms with Crippen molar-refractivity contribution in [3.8, 4) is 11.8 Å². The van der Waals surface area contributed by atoms with E-state index in [4.69, 9.17) is 16.9 Å². The van der Waals surface area contributed by atoms with E-state index in [9.17, 15) is 9.90 Å². The monoisotopic (exact) mass is 307 g/mol. The van der Waals surface area contributed by atoms with Crippen molar-refractivity contribution in [3.05, 3.63) is 23.2 Å². The molecule has 1 atom stereocenters. The topological polar surface area (TPSA) is 76.4 Å². The van der Waals surface area contributed by atoms with Crippen molar-refractivity contribution in [1.29, 1.82) is 5.26 Å². The van der Waals surface area contributed by atoms with Gasteiger partial charge in [0.05, 0.1) is 17.7 Å². The van der Waals surface area contributed by atoms with E-state index in [-0.39, 0.29) is 17.6 Å². The summed E-state index contributed by atoms with van der Waals surface area (Å²) >= 11 is 5.87. The van der Waals surface area contributed by atoms with Gasteiger partial charge in [0.25, 0.3) is 0 Å². The molecule has 1 aliphatic heterocycles. The Morgan fingerprint density at radius 2 is 2.38 bits per heavy atom. The second kappa shape index (κ2) is 7.30. The maximum absolute atomic E-state index is 12.3. The van der Waals surface area contributed by atoms with Crippen molar-refractivity contribution < 1.29 is 9.90 Å². The molecule has 2 N–H and O–H groups in total. The minimum Gasteiger partial charge on any atom is -0.506 e. The summed E-state index contributed by atoms with van der Waals surface area (Å²) in [6.45, 7) is 2.27. The number of aromatic hydroxyl groups is 1. The number of piperidine rings is 1. The van der Waals surface area contributed by atoms with Crippen molar-refractivity contribution in [2.75, 3.05) is 25.0 Å². The Labute approximate surface area is 129 Å². The minimum atomic E-state index is -0.129. The predicted octanol–water partition coefficient (Wildman–Crippen LogP) is 2.61. The van der Waals surface area contributed by atoms with Gasteiger partial charge in [-0.05, 0) is 37.6 Å². The fourth-order valence-electron chi connectivity index (χ4n) is 2.52. The smallest absolute Gasteiger partial charge is 0.228 e. The first-order valence-corrected chi connectivity index (χ1v) is 7.36. The normalized spacial score (nSPS) is 19.0. The van der Waals surface area contributed by atoms with Gasteiger partial charge in [0.1, 0.15) is 5.75 Å². The van der Waals surface area contributed by atoms with Crippen molar-refractivity contribution in [1.82, 2.24) is 4.90 Å². The van der Waals surface area contributed by atoms with Crippen LogP contribution in [0.15, 0.2) is 18.2 Å². The summed E-state index contributed by atoms with van der Waals surface area (Å²) in [6.07, 6.45) is 2.23. The largest absolute Gasteiger partial charge is 0.506 e. The number of carbonyl (C=O) groups is 1. The molecule has 1 heterocycles. The van der Waals surface area contributed by atoms with Gasteiger partial charge >= 0.3 is 0 Å². The van der Waals surface area contributed by atoms with Crippen LogP contribution in [0.25, 0.3) is 0 Å². The van der Waals surface area contributed by atoms with Crippen LogP contribution >= 0.6 is 11.6 Å². The van der Waals surface area contributed by atoms with Gasteiger partial charge < -0.3 is 15.3 Å². The van der Waals surface area contributed by atoms with Gasteiger partial charge in [0.15, 0.2) is 0 Å². The van der Waals surface area contributed by atoms with E-state index in [2.05, 4.69) is 16.3 Å². The molecule has 0 aromatic heterocycles. The number of likely N-dealkylation sites (tertiary alicyclic amines) is 1. The number of phenols is 1. The number of carbonyl (C=O) groups excluding carboxylic acids is 1. The number of phenolic OH excluding ortho intramolecular Hbond substituents is 1. The third-order valence-electron chi connectivity index (χ3n) is 3.63. The number of hydrogen-bond donors (Lipinski definition) is 2. The van der Waals surface area contributed by atoms with Crippen molar-refractivity contribution >= 4 is 23.2 Å². The van der Waals surface area contributed by atoms with Crippen LogP contribution in [0.5, 0.6) is 5.75 Å². The molecule has 1 amide bonds. The van der Waals surface area contributed by atoms with Gasteiger partial charge in [-0.1, -0.05) is 11.6 Å². The molecular weight excluding hydrogens is 290 g/mol. The molecule has 0 bridgehead atoms. The lowest BCUT2D eigenvalue weighted by atomic mass is 9.97. The van der Waals surface area contributed by atoms with Gasteiger partial charge in [0.2, 0.25) is 5.91 Å². The SMILES string of the molecule is N#CCCN1CCCC(C(=O)Nc2cc(Cl)ccc2O)C1. The van der Waals surface area contributed by atoms with Crippen molar-refractivity contribution in [2.45, 2.75) is 19.3 Å². The first-order chi connectivity index (χ1) is 10.1. The highest BCUT2D eigenvalue weighted by atomic mass is 35.5. The molecule has 1 saturated heterocycles. The summed E-state index contributed by atoms with van der Waals surface area (Å²) in [7, 11) is 0. The zero-order valence-electron chi connectivity index (χ0n) is 11.7. The van der Waals surface area contributed by atoms with E-state index >= 15 is 0 Å². The van der Waals surface area contributed by atoms with E-state index in [1.54, 1.807) is 6.07 Å². The molecule has 0 saturated carbocycles. The first kappa shape index (κ1) is 15.6. The van der Waals surface area contributed by atoms with E-state index in [1.807, 2.05) is 0 Å². The zero-order chi connectivity index (χ0) is 15.2. The van der Waals surface area contributed by atoms with Crippen LogP contribution in [-0.2, 0) is 4.79 Å². The number of halogens is 1. The minimum absolute atomic E-state index is 0.00453. The Morgan fingerprint density at radius 1 is 1.57 bits per heavy atom. The van der Waals surface area contributed by atoms with Crippen LogP contribution in [0.4, 0.5) is 5.69 Å². The standard InChI is InChI=1S/C15H18ClN3O2/c16-12-4-5-14(20)13(9-12)18-15(21)11-3-1-7-19(10-11)8-2-6-17/h4-5,9,11,20H,1-3,7-8,10H2,(H,18,21). The van der Waals surface area contributed by atoms with E-state index in [0.717, 1.165) is 19.4 Å². The van der Waals surface area contributed by atoms with Gasteiger partial charge in [-0.25, -0.2) is 0 Å². The number of anilines is 1. The summed E-state index contributed by atoms with van der Waals surface area (Å²) < 4.78 is 0. The Bertz CT molecular complexity index is 556. The van der Waals surface area contributed by atoms with Crippen LogP contribution in [0.2, 0.25) is 5.02 Å². The second-order valence-corrected chi connectivity index (χ2v) is 5.64. The fourth-order valence-corrected chi connectivity index (χ4v) is 2.70. The van der Waals surface area contributed by atoms with E-state index in [1.165, 1.54) is 12.1 Å². The predicted molar refractivity (Wildman–Crippen MR) is 81.1 cm³/mol. The number of amides is 1. The number of nitriles is 1. The summed E-state index contributed by atoms with van der Waals surface area (Å²) in [6, 6.07) is 6.68. The molecule has 5 nitrogen and oxygen atoms in total. The highest BCUT2D eigenvalue weighted by molar-refractivity contribution is 6.31. The quantitative estimate of drug-likeness (QED) is 0.838. The molecule has 0 aliphatic carbocycles. The van der Waals surface area contributed by atoms with Gasteiger partial charge in [-0.2, -0.15) is 5.26 Å². The van der Waals surface area contributed by atoms with Crippen LogP contribution in [0.1, 0.15) is 19.3 Å². The number of nitrogens with zero attached hydrogens (tertiary/aromatic N) is 2. The Hall–Kier alpha value is -1.77. The Kier molecular flexibility index (Phi) is 5.43.